The Morgan fingerprint density at radius 3 is 2.54 bits per heavy atom. The van der Waals surface area contributed by atoms with Gasteiger partial charge in [-0.15, -0.1) is 0 Å². The minimum atomic E-state index is 0.233. The summed E-state index contributed by atoms with van der Waals surface area (Å²) in [5.74, 6) is 0.941. The average Bonchev–Trinajstić information content (AvgIpc) is 2.95. The van der Waals surface area contributed by atoms with Crippen molar-refractivity contribution in [3.63, 3.8) is 0 Å². The summed E-state index contributed by atoms with van der Waals surface area (Å²) in [7, 11) is 2.19. The van der Waals surface area contributed by atoms with Crippen LogP contribution in [-0.2, 0) is 13.1 Å². The number of fused-ring (bicyclic) bond motifs is 1. The van der Waals surface area contributed by atoms with Gasteiger partial charge in [-0.1, -0.05) is 19.9 Å². The first-order valence-electron chi connectivity index (χ1n) is 12.7. The monoisotopic (exact) mass is 473 g/mol. The van der Waals surface area contributed by atoms with Crippen molar-refractivity contribution in [1.82, 2.24) is 14.9 Å². The molecule has 3 aromatic rings. The molecule has 0 spiro atoms. The molecule has 0 saturated carbocycles. The van der Waals surface area contributed by atoms with Crippen molar-refractivity contribution < 1.29 is 4.74 Å². The number of hydrogen-bond donors (Lipinski definition) is 0. The molecule has 2 aromatic heterocycles. The van der Waals surface area contributed by atoms with Gasteiger partial charge < -0.3 is 14.5 Å². The van der Waals surface area contributed by atoms with E-state index in [0.29, 0.717) is 6.61 Å². The molecule has 4 rings (SSSR count). The standard InChI is InChI=1S/C29H39N5O/c1-5-34-23-29(2,3)22-32(4)28-19-26(10-11-27(28)34)35-18-8-17-33(20-24-12-15-30-16-13-24)21-25-9-6-7-14-31-25/h6-7,9-16,19H,5,8,17-18,20-23H2,1-4H3. The summed E-state index contributed by atoms with van der Waals surface area (Å²) in [6.45, 7) is 13.3. The summed E-state index contributed by atoms with van der Waals surface area (Å²) in [5, 5.41) is 0. The average molecular weight is 474 g/mol. The Kier molecular flexibility index (Phi) is 8.24. The first-order chi connectivity index (χ1) is 16.9. The zero-order chi connectivity index (χ0) is 24.7. The number of anilines is 2. The molecule has 35 heavy (non-hydrogen) atoms. The molecule has 0 radical (unpaired) electrons. The van der Waals surface area contributed by atoms with E-state index in [1.165, 1.54) is 16.9 Å². The van der Waals surface area contributed by atoms with Crippen LogP contribution >= 0.6 is 0 Å². The largest absolute Gasteiger partial charge is 0.493 e. The van der Waals surface area contributed by atoms with Gasteiger partial charge in [0.2, 0.25) is 0 Å². The molecular formula is C29H39N5O. The zero-order valence-electron chi connectivity index (χ0n) is 21.7. The maximum absolute atomic E-state index is 6.24. The number of aromatic nitrogens is 2. The van der Waals surface area contributed by atoms with Gasteiger partial charge in [0.1, 0.15) is 5.75 Å². The van der Waals surface area contributed by atoms with Gasteiger partial charge in [-0.05, 0) is 60.7 Å². The molecule has 0 atom stereocenters. The topological polar surface area (TPSA) is 44.7 Å². The maximum Gasteiger partial charge on any atom is 0.121 e. The molecule has 1 aliphatic heterocycles. The highest BCUT2D eigenvalue weighted by atomic mass is 16.5. The lowest BCUT2D eigenvalue weighted by atomic mass is 9.92. The molecule has 6 heteroatoms. The lowest BCUT2D eigenvalue weighted by molar-refractivity contribution is 0.219. The van der Waals surface area contributed by atoms with Gasteiger partial charge in [0, 0.05) is 71.0 Å². The minimum Gasteiger partial charge on any atom is -0.493 e. The second kappa shape index (κ2) is 11.5. The molecular weight excluding hydrogens is 434 g/mol. The molecule has 186 valence electrons. The summed E-state index contributed by atoms with van der Waals surface area (Å²) in [6.07, 6.45) is 6.51. The molecule has 0 fully saturated rings. The molecule has 0 unspecified atom stereocenters. The molecule has 3 heterocycles. The Morgan fingerprint density at radius 2 is 1.80 bits per heavy atom. The Morgan fingerprint density at radius 1 is 0.971 bits per heavy atom. The van der Waals surface area contributed by atoms with Crippen LogP contribution in [0.3, 0.4) is 0 Å². The highest BCUT2D eigenvalue weighted by Gasteiger charge is 2.29. The van der Waals surface area contributed by atoms with Gasteiger partial charge in [-0.25, -0.2) is 0 Å². The fourth-order valence-corrected chi connectivity index (χ4v) is 4.99. The van der Waals surface area contributed by atoms with Crippen molar-refractivity contribution >= 4 is 11.4 Å². The summed E-state index contributed by atoms with van der Waals surface area (Å²) in [5.41, 5.74) is 5.13. The Bertz CT molecular complexity index is 1020. The van der Waals surface area contributed by atoms with E-state index in [4.69, 9.17) is 4.74 Å². The predicted octanol–water partition coefficient (Wildman–Crippen LogP) is 5.25. The maximum atomic E-state index is 6.24. The van der Waals surface area contributed by atoms with Gasteiger partial charge in [0.25, 0.3) is 0 Å². The van der Waals surface area contributed by atoms with Crippen LogP contribution in [0.5, 0.6) is 5.75 Å². The third kappa shape index (κ3) is 6.95. The number of nitrogens with zero attached hydrogens (tertiary/aromatic N) is 5. The lowest BCUT2D eigenvalue weighted by Crippen LogP contribution is -2.37. The fourth-order valence-electron chi connectivity index (χ4n) is 4.99. The Labute approximate surface area is 210 Å². The van der Waals surface area contributed by atoms with E-state index < -0.39 is 0 Å². The van der Waals surface area contributed by atoms with Gasteiger partial charge in [0.15, 0.2) is 0 Å². The molecule has 0 N–H and O–H groups in total. The number of ether oxygens (including phenoxy) is 1. The van der Waals surface area contributed by atoms with E-state index in [9.17, 15) is 0 Å². The third-order valence-electron chi connectivity index (χ3n) is 6.52. The van der Waals surface area contributed by atoms with Crippen LogP contribution in [0, 0.1) is 5.41 Å². The zero-order valence-corrected chi connectivity index (χ0v) is 21.7. The van der Waals surface area contributed by atoms with E-state index in [0.717, 1.165) is 57.1 Å². The molecule has 0 bridgehead atoms. The SMILES string of the molecule is CCN1CC(C)(C)CN(C)c2cc(OCCCN(Cc3ccncc3)Cc3ccccn3)ccc21. The Balaban J connectivity index is 1.37. The van der Waals surface area contributed by atoms with Crippen molar-refractivity contribution in [2.24, 2.45) is 5.41 Å². The van der Waals surface area contributed by atoms with Crippen molar-refractivity contribution in [2.45, 2.75) is 40.3 Å². The number of rotatable bonds is 10. The van der Waals surface area contributed by atoms with Crippen LogP contribution in [-0.4, -0.2) is 54.7 Å². The summed E-state index contributed by atoms with van der Waals surface area (Å²) < 4.78 is 6.24. The number of hydrogen-bond acceptors (Lipinski definition) is 6. The van der Waals surface area contributed by atoms with E-state index >= 15 is 0 Å². The highest BCUT2D eigenvalue weighted by molar-refractivity contribution is 5.74. The number of benzene rings is 1. The van der Waals surface area contributed by atoms with Crippen LogP contribution in [0.2, 0.25) is 0 Å². The van der Waals surface area contributed by atoms with E-state index in [2.05, 4.69) is 88.9 Å². The quantitative estimate of drug-likeness (QED) is 0.375. The van der Waals surface area contributed by atoms with Gasteiger partial charge in [-0.3, -0.25) is 14.9 Å². The predicted molar refractivity (Wildman–Crippen MR) is 144 cm³/mol. The number of pyridine rings is 2. The van der Waals surface area contributed by atoms with Crippen LogP contribution in [0.4, 0.5) is 11.4 Å². The molecule has 6 nitrogen and oxygen atoms in total. The minimum absolute atomic E-state index is 0.233. The fraction of sp³-hybridized carbons (Fsp3) is 0.448. The van der Waals surface area contributed by atoms with Crippen LogP contribution in [0.15, 0.2) is 67.1 Å². The van der Waals surface area contributed by atoms with E-state index in [1.54, 1.807) is 0 Å². The summed E-state index contributed by atoms with van der Waals surface area (Å²) >= 11 is 0. The highest BCUT2D eigenvalue weighted by Crippen LogP contribution is 2.38. The molecule has 1 aliphatic rings. The van der Waals surface area contributed by atoms with Gasteiger partial charge in [0.05, 0.1) is 23.7 Å². The first kappa shape index (κ1) is 25.0. The van der Waals surface area contributed by atoms with Crippen molar-refractivity contribution in [1.29, 1.82) is 0 Å². The second-order valence-electron chi connectivity index (χ2n) is 10.3. The van der Waals surface area contributed by atoms with E-state index in [1.807, 2.05) is 30.7 Å². The summed E-state index contributed by atoms with van der Waals surface area (Å²) in [6, 6.07) is 16.8. The van der Waals surface area contributed by atoms with Gasteiger partial charge in [-0.2, -0.15) is 0 Å². The van der Waals surface area contributed by atoms with Crippen LogP contribution in [0.1, 0.15) is 38.4 Å². The molecule has 0 saturated heterocycles. The summed E-state index contributed by atoms with van der Waals surface area (Å²) in [4.78, 5) is 16.0. The first-order valence-corrected chi connectivity index (χ1v) is 12.7. The second-order valence-corrected chi connectivity index (χ2v) is 10.3. The molecule has 0 aliphatic carbocycles. The lowest BCUT2D eigenvalue weighted by Gasteiger charge is -2.30. The van der Waals surface area contributed by atoms with Crippen molar-refractivity contribution in [3.05, 3.63) is 78.4 Å². The van der Waals surface area contributed by atoms with Crippen molar-refractivity contribution in [3.8, 4) is 5.75 Å². The van der Waals surface area contributed by atoms with Crippen LogP contribution in [0.25, 0.3) is 0 Å². The Hall–Kier alpha value is -3.12. The molecule has 1 aromatic carbocycles. The smallest absolute Gasteiger partial charge is 0.121 e. The van der Waals surface area contributed by atoms with Gasteiger partial charge >= 0.3 is 0 Å². The van der Waals surface area contributed by atoms with Crippen molar-refractivity contribution in [2.75, 3.05) is 49.6 Å². The molecule has 0 amide bonds. The van der Waals surface area contributed by atoms with Crippen LogP contribution < -0.4 is 14.5 Å². The normalized spacial score (nSPS) is 15.1. The third-order valence-corrected chi connectivity index (χ3v) is 6.52. The van der Waals surface area contributed by atoms with E-state index in [-0.39, 0.29) is 5.41 Å².